The van der Waals surface area contributed by atoms with Crippen LogP contribution in [0, 0.1) is 0 Å². The van der Waals surface area contributed by atoms with Crippen molar-refractivity contribution < 1.29 is 22.6 Å². The molecule has 0 saturated carbocycles. The van der Waals surface area contributed by atoms with E-state index in [9.17, 15) is 18.0 Å². The first-order chi connectivity index (χ1) is 16.9. The molecule has 2 aromatic carbocycles. The van der Waals surface area contributed by atoms with Crippen LogP contribution in [0.2, 0.25) is 0 Å². The van der Waals surface area contributed by atoms with E-state index in [1.54, 1.807) is 13.0 Å². The molecule has 7 nitrogen and oxygen atoms in total. The van der Waals surface area contributed by atoms with Gasteiger partial charge in [0.2, 0.25) is 0 Å². The van der Waals surface area contributed by atoms with Gasteiger partial charge in [-0.05, 0) is 41.2 Å². The van der Waals surface area contributed by atoms with Crippen LogP contribution in [0.4, 0.5) is 13.2 Å². The SMILES string of the molecule is CC(OC1OCCN(Cc2n[nH]c(=O)[nH]2)C1c1ccccc1)c1cc(C(C)(C)C)cc(C(F)(F)F)c1. The van der Waals surface area contributed by atoms with E-state index in [0.717, 1.165) is 11.6 Å². The first-order valence-corrected chi connectivity index (χ1v) is 11.8. The van der Waals surface area contributed by atoms with Gasteiger partial charge in [0.1, 0.15) is 5.82 Å². The molecule has 2 N–H and O–H groups in total. The van der Waals surface area contributed by atoms with Gasteiger partial charge < -0.3 is 9.47 Å². The van der Waals surface area contributed by atoms with Gasteiger partial charge in [-0.2, -0.15) is 18.3 Å². The number of nitrogens with zero attached hydrogens (tertiary/aromatic N) is 2. The van der Waals surface area contributed by atoms with Gasteiger partial charge in [-0.15, -0.1) is 0 Å². The number of H-pyrrole nitrogens is 2. The second-order valence-electron chi connectivity index (χ2n) is 10.1. The van der Waals surface area contributed by atoms with Crippen molar-refractivity contribution in [1.29, 1.82) is 0 Å². The molecular formula is C26H31F3N4O3. The maximum atomic E-state index is 13.7. The number of ether oxygens (including phenoxy) is 2. The molecule has 1 aliphatic rings. The summed E-state index contributed by atoms with van der Waals surface area (Å²) in [5.74, 6) is 0.474. The average Bonchev–Trinajstić information content (AvgIpc) is 3.23. The van der Waals surface area contributed by atoms with Gasteiger partial charge in [0.25, 0.3) is 0 Å². The zero-order valence-electron chi connectivity index (χ0n) is 20.7. The third kappa shape index (κ3) is 6.05. The van der Waals surface area contributed by atoms with E-state index in [0.29, 0.717) is 36.6 Å². The van der Waals surface area contributed by atoms with Crippen LogP contribution in [0.25, 0.3) is 0 Å². The van der Waals surface area contributed by atoms with E-state index >= 15 is 0 Å². The molecule has 1 aromatic heterocycles. The van der Waals surface area contributed by atoms with Crippen molar-refractivity contribution in [2.24, 2.45) is 0 Å². The van der Waals surface area contributed by atoms with Gasteiger partial charge >= 0.3 is 11.9 Å². The van der Waals surface area contributed by atoms with Crippen LogP contribution in [-0.4, -0.2) is 39.5 Å². The van der Waals surface area contributed by atoms with Crippen LogP contribution in [0.1, 0.15) is 67.9 Å². The summed E-state index contributed by atoms with van der Waals surface area (Å²) < 4.78 is 53.4. The topological polar surface area (TPSA) is 83.2 Å². The summed E-state index contributed by atoms with van der Waals surface area (Å²) in [7, 11) is 0. The number of alkyl halides is 3. The summed E-state index contributed by atoms with van der Waals surface area (Å²) in [6.45, 7) is 8.62. The van der Waals surface area contributed by atoms with Crippen molar-refractivity contribution in [2.45, 2.75) is 64.3 Å². The molecule has 3 unspecified atom stereocenters. The Labute approximate surface area is 207 Å². The average molecular weight is 505 g/mol. The van der Waals surface area contributed by atoms with Gasteiger partial charge in [-0.3, -0.25) is 9.88 Å². The molecule has 3 atom stereocenters. The van der Waals surface area contributed by atoms with E-state index in [1.165, 1.54) is 6.07 Å². The Morgan fingerprint density at radius 3 is 2.44 bits per heavy atom. The predicted molar refractivity (Wildman–Crippen MR) is 128 cm³/mol. The zero-order chi connectivity index (χ0) is 26.1. The maximum absolute atomic E-state index is 13.7. The summed E-state index contributed by atoms with van der Waals surface area (Å²) in [6, 6.07) is 13.4. The third-order valence-corrected chi connectivity index (χ3v) is 6.31. The molecular weight excluding hydrogens is 473 g/mol. The van der Waals surface area contributed by atoms with Crippen molar-refractivity contribution in [2.75, 3.05) is 13.2 Å². The molecule has 3 aromatic rings. The second-order valence-corrected chi connectivity index (χ2v) is 10.1. The highest BCUT2D eigenvalue weighted by atomic mass is 19.4. The van der Waals surface area contributed by atoms with Gasteiger partial charge in [0.15, 0.2) is 6.29 Å². The molecule has 0 bridgehead atoms. The number of morpholine rings is 1. The number of rotatable bonds is 6. The maximum Gasteiger partial charge on any atom is 0.416 e. The van der Waals surface area contributed by atoms with E-state index in [4.69, 9.17) is 9.47 Å². The van der Waals surface area contributed by atoms with Crippen LogP contribution in [0.3, 0.4) is 0 Å². The molecule has 1 aliphatic heterocycles. The van der Waals surface area contributed by atoms with Crippen molar-refractivity contribution in [3.05, 3.63) is 87.1 Å². The Balaban J connectivity index is 1.65. The lowest BCUT2D eigenvalue weighted by molar-refractivity contribution is -0.231. The molecule has 0 aliphatic carbocycles. The standard InChI is InChI=1S/C26H31F3N4O3/c1-16(18-12-19(25(2,3)4)14-20(13-18)26(27,28)29)36-23-22(17-8-6-5-7-9-17)33(10-11-35-23)15-21-30-24(34)32-31-21/h5-9,12-14,16,22-23H,10-11,15H2,1-4H3,(H2,30,31,32,34). The fraction of sp³-hybridized carbons (Fsp3) is 0.462. The third-order valence-electron chi connectivity index (χ3n) is 6.31. The summed E-state index contributed by atoms with van der Waals surface area (Å²) in [4.78, 5) is 16.3. The number of nitrogens with one attached hydrogen (secondary N) is 2. The lowest BCUT2D eigenvalue weighted by Crippen LogP contribution is -2.46. The molecule has 0 spiro atoms. The van der Waals surface area contributed by atoms with Crippen molar-refractivity contribution in [1.82, 2.24) is 20.1 Å². The summed E-state index contributed by atoms with van der Waals surface area (Å²) >= 11 is 0. The molecule has 1 saturated heterocycles. The fourth-order valence-corrected chi connectivity index (χ4v) is 4.33. The minimum Gasteiger partial charge on any atom is -0.349 e. The largest absolute Gasteiger partial charge is 0.416 e. The number of aromatic nitrogens is 3. The minimum absolute atomic E-state index is 0.341. The summed E-state index contributed by atoms with van der Waals surface area (Å²) in [6.07, 6.45) is -5.90. The predicted octanol–water partition coefficient (Wildman–Crippen LogP) is 5.09. The van der Waals surface area contributed by atoms with Gasteiger partial charge in [-0.1, -0.05) is 57.2 Å². The molecule has 36 heavy (non-hydrogen) atoms. The van der Waals surface area contributed by atoms with Crippen LogP contribution < -0.4 is 5.69 Å². The van der Waals surface area contributed by atoms with Crippen LogP contribution >= 0.6 is 0 Å². The van der Waals surface area contributed by atoms with Crippen molar-refractivity contribution >= 4 is 0 Å². The first-order valence-electron chi connectivity index (χ1n) is 11.8. The van der Waals surface area contributed by atoms with Gasteiger partial charge in [0, 0.05) is 6.54 Å². The normalized spacial score (nSPS) is 20.4. The van der Waals surface area contributed by atoms with Crippen molar-refractivity contribution in [3.63, 3.8) is 0 Å². The number of benzene rings is 2. The fourth-order valence-electron chi connectivity index (χ4n) is 4.33. The number of aromatic amines is 2. The highest BCUT2D eigenvalue weighted by Gasteiger charge is 2.37. The van der Waals surface area contributed by atoms with Gasteiger partial charge in [-0.25, -0.2) is 9.89 Å². The Bertz CT molecular complexity index is 1190. The summed E-state index contributed by atoms with van der Waals surface area (Å²) in [5, 5.41) is 6.38. The lowest BCUT2D eigenvalue weighted by Gasteiger charge is -2.41. The quantitative estimate of drug-likeness (QED) is 0.489. The highest BCUT2D eigenvalue weighted by molar-refractivity contribution is 5.36. The lowest BCUT2D eigenvalue weighted by atomic mass is 9.84. The molecule has 10 heteroatoms. The number of halogens is 3. The molecule has 0 amide bonds. The molecule has 1 fully saturated rings. The van der Waals surface area contributed by atoms with E-state index in [2.05, 4.69) is 20.1 Å². The first kappa shape index (κ1) is 26.1. The molecule has 194 valence electrons. The van der Waals surface area contributed by atoms with Crippen LogP contribution in [0.15, 0.2) is 53.3 Å². The Kier molecular flexibility index (Phi) is 7.40. The monoisotopic (exact) mass is 504 g/mol. The molecule has 0 radical (unpaired) electrons. The van der Waals surface area contributed by atoms with Crippen LogP contribution in [-0.2, 0) is 27.6 Å². The van der Waals surface area contributed by atoms with E-state index in [1.807, 2.05) is 51.1 Å². The van der Waals surface area contributed by atoms with E-state index < -0.39 is 35.2 Å². The number of hydrogen-bond donors (Lipinski definition) is 2. The Morgan fingerprint density at radius 1 is 1.14 bits per heavy atom. The van der Waals surface area contributed by atoms with Crippen molar-refractivity contribution in [3.8, 4) is 0 Å². The molecule has 4 rings (SSSR count). The highest BCUT2D eigenvalue weighted by Crippen LogP contribution is 2.38. The minimum atomic E-state index is -4.47. The van der Waals surface area contributed by atoms with Crippen LogP contribution in [0.5, 0.6) is 0 Å². The van der Waals surface area contributed by atoms with Gasteiger partial charge in [0.05, 0.1) is 30.9 Å². The zero-order valence-corrected chi connectivity index (χ0v) is 20.7. The Hall–Kier alpha value is -2.95. The Morgan fingerprint density at radius 2 is 1.83 bits per heavy atom. The summed E-state index contributed by atoms with van der Waals surface area (Å²) in [5.41, 5.74) is 0.367. The molecule has 2 heterocycles. The second kappa shape index (κ2) is 10.2. The van der Waals surface area contributed by atoms with E-state index in [-0.39, 0.29) is 6.04 Å². The number of hydrogen-bond acceptors (Lipinski definition) is 5. The smallest absolute Gasteiger partial charge is 0.349 e.